The van der Waals surface area contributed by atoms with E-state index >= 15 is 0 Å². The second-order valence-corrected chi connectivity index (χ2v) is 8.75. The maximum Gasteiger partial charge on any atom is 0.251 e. The van der Waals surface area contributed by atoms with Gasteiger partial charge in [-0.25, -0.2) is 13.1 Å². The van der Waals surface area contributed by atoms with Crippen molar-refractivity contribution in [2.75, 3.05) is 32.7 Å². The van der Waals surface area contributed by atoms with E-state index in [1.807, 2.05) is 6.07 Å². The zero-order valence-corrected chi connectivity index (χ0v) is 17.1. The summed E-state index contributed by atoms with van der Waals surface area (Å²) >= 11 is 0. The number of carbonyl (C=O) groups is 2. The highest BCUT2D eigenvalue weighted by molar-refractivity contribution is 7.89. The molecule has 1 aliphatic heterocycles. The highest BCUT2D eigenvalue weighted by Gasteiger charge is 2.23. The van der Waals surface area contributed by atoms with Crippen LogP contribution in [-0.4, -0.2) is 57.9 Å². The molecule has 2 amide bonds. The van der Waals surface area contributed by atoms with Crippen molar-refractivity contribution in [3.05, 3.63) is 29.8 Å². The van der Waals surface area contributed by atoms with E-state index in [-0.39, 0.29) is 35.6 Å². The number of hydrogen-bond acceptors (Lipinski definition) is 6. The molecule has 0 bridgehead atoms. The van der Waals surface area contributed by atoms with E-state index in [9.17, 15) is 18.0 Å². The van der Waals surface area contributed by atoms with Gasteiger partial charge in [0.15, 0.2) is 0 Å². The number of nitrogens with two attached hydrogens (primary N) is 1. The number of nitriles is 1. The van der Waals surface area contributed by atoms with E-state index in [4.69, 9.17) is 11.0 Å². The maximum absolute atomic E-state index is 12.2. The van der Waals surface area contributed by atoms with Gasteiger partial charge < -0.3 is 16.0 Å². The number of primary amides is 1. The molecule has 10 heteroatoms. The number of amides is 2. The van der Waals surface area contributed by atoms with Crippen LogP contribution >= 0.6 is 0 Å². The quantitative estimate of drug-likeness (QED) is 0.460. The molecule has 1 aromatic carbocycles. The molecule has 1 aromatic rings. The Morgan fingerprint density at radius 3 is 2.62 bits per heavy atom. The van der Waals surface area contributed by atoms with Crippen molar-refractivity contribution in [2.24, 2.45) is 11.7 Å². The van der Waals surface area contributed by atoms with E-state index in [2.05, 4.69) is 14.9 Å². The Kier molecular flexibility index (Phi) is 8.57. The Labute approximate surface area is 171 Å². The van der Waals surface area contributed by atoms with Gasteiger partial charge in [-0.1, -0.05) is 0 Å². The lowest BCUT2D eigenvalue weighted by Crippen LogP contribution is -2.42. The number of hydrogen-bond donors (Lipinski definition) is 3. The molecule has 1 unspecified atom stereocenters. The fourth-order valence-corrected chi connectivity index (χ4v) is 4.24. The summed E-state index contributed by atoms with van der Waals surface area (Å²) in [5.41, 5.74) is 5.75. The molecule has 158 valence electrons. The van der Waals surface area contributed by atoms with Crippen LogP contribution in [0.3, 0.4) is 0 Å². The molecule has 0 saturated carbocycles. The fourth-order valence-electron chi connectivity index (χ4n) is 3.21. The van der Waals surface area contributed by atoms with Crippen LogP contribution < -0.4 is 15.8 Å². The molecule has 0 radical (unpaired) electrons. The van der Waals surface area contributed by atoms with E-state index in [1.165, 1.54) is 24.3 Å². The average molecular weight is 422 g/mol. The molecule has 1 fully saturated rings. The smallest absolute Gasteiger partial charge is 0.251 e. The van der Waals surface area contributed by atoms with Crippen molar-refractivity contribution in [3.8, 4) is 6.07 Å². The molecule has 1 heterocycles. The van der Waals surface area contributed by atoms with Crippen molar-refractivity contribution in [1.82, 2.24) is 14.9 Å². The lowest BCUT2D eigenvalue weighted by Gasteiger charge is -2.31. The lowest BCUT2D eigenvalue weighted by molar-refractivity contribution is -0.123. The first-order chi connectivity index (χ1) is 13.8. The first-order valence-corrected chi connectivity index (χ1v) is 11.1. The van der Waals surface area contributed by atoms with Gasteiger partial charge in [0, 0.05) is 31.6 Å². The van der Waals surface area contributed by atoms with Gasteiger partial charge in [-0.05, 0) is 56.6 Å². The summed E-state index contributed by atoms with van der Waals surface area (Å²) in [7, 11) is -3.69. The minimum Gasteiger partial charge on any atom is -0.369 e. The molecule has 9 nitrogen and oxygen atoms in total. The van der Waals surface area contributed by atoms with Gasteiger partial charge in [0.25, 0.3) is 5.91 Å². The summed E-state index contributed by atoms with van der Waals surface area (Å²) in [4.78, 5) is 25.8. The van der Waals surface area contributed by atoms with Gasteiger partial charge >= 0.3 is 0 Å². The third-order valence-electron chi connectivity index (χ3n) is 4.80. The molecule has 29 heavy (non-hydrogen) atoms. The van der Waals surface area contributed by atoms with Crippen LogP contribution in [0.5, 0.6) is 0 Å². The Hall–Kier alpha value is -2.48. The van der Waals surface area contributed by atoms with E-state index in [0.29, 0.717) is 18.7 Å². The first-order valence-electron chi connectivity index (χ1n) is 9.60. The molecule has 1 atom stereocenters. The third-order valence-corrected chi connectivity index (χ3v) is 6.28. The Morgan fingerprint density at radius 1 is 1.24 bits per heavy atom. The first kappa shape index (κ1) is 22.8. The van der Waals surface area contributed by atoms with E-state index < -0.39 is 10.0 Å². The Morgan fingerprint density at radius 2 is 1.97 bits per heavy atom. The number of rotatable bonds is 10. The minimum absolute atomic E-state index is 0.0400. The number of likely N-dealkylation sites (tertiary alicyclic amines) is 1. The highest BCUT2D eigenvalue weighted by Crippen LogP contribution is 2.16. The average Bonchev–Trinajstić information content (AvgIpc) is 2.71. The zero-order valence-electron chi connectivity index (χ0n) is 16.3. The summed E-state index contributed by atoms with van der Waals surface area (Å²) in [6.07, 6.45) is 2.61. The second kappa shape index (κ2) is 10.9. The van der Waals surface area contributed by atoms with Gasteiger partial charge in [0.05, 0.1) is 16.9 Å². The van der Waals surface area contributed by atoms with Gasteiger partial charge in [0.1, 0.15) is 0 Å². The second-order valence-electron chi connectivity index (χ2n) is 6.98. The Bertz CT molecular complexity index is 848. The van der Waals surface area contributed by atoms with Crippen molar-refractivity contribution < 1.29 is 18.0 Å². The number of nitrogens with zero attached hydrogens (tertiary/aromatic N) is 2. The summed E-state index contributed by atoms with van der Waals surface area (Å²) in [6, 6.07) is 7.50. The van der Waals surface area contributed by atoms with Crippen LogP contribution in [0.25, 0.3) is 0 Å². The molecule has 4 N–H and O–H groups in total. The lowest BCUT2D eigenvalue weighted by atomic mass is 9.97. The monoisotopic (exact) mass is 421 g/mol. The van der Waals surface area contributed by atoms with Crippen LogP contribution in [0.4, 0.5) is 0 Å². The molecule has 1 saturated heterocycles. The van der Waals surface area contributed by atoms with Crippen LogP contribution in [0.1, 0.15) is 36.0 Å². The van der Waals surface area contributed by atoms with Crippen LogP contribution in [0.2, 0.25) is 0 Å². The summed E-state index contributed by atoms with van der Waals surface area (Å²) in [5.74, 6) is -0.628. The van der Waals surface area contributed by atoms with Crippen LogP contribution in [0, 0.1) is 17.2 Å². The molecule has 0 spiro atoms. The van der Waals surface area contributed by atoms with Crippen LogP contribution in [-0.2, 0) is 14.8 Å². The molecule has 0 aliphatic carbocycles. The largest absolute Gasteiger partial charge is 0.369 e. The van der Waals surface area contributed by atoms with E-state index in [0.717, 1.165) is 32.4 Å². The van der Waals surface area contributed by atoms with Crippen molar-refractivity contribution in [3.63, 3.8) is 0 Å². The van der Waals surface area contributed by atoms with Crippen LogP contribution in [0.15, 0.2) is 29.2 Å². The van der Waals surface area contributed by atoms with Gasteiger partial charge in [-0.2, -0.15) is 5.26 Å². The molecular formula is C19H27N5O4S. The molecular weight excluding hydrogens is 394 g/mol. The summed E-state index contributed by atoms with van der Waals surface area (Å²) in [5, 5.41) is 11.3. The summed E-state index contributed by atoms with van der Waals surface area (Å²) in [6.45, 7) is 2.89. The number of sulfonamides is 1. The van der Waals surface area contributed by atoms with Crippen molar-refractivity contribution in [2.45, 2.75) is 30.6 Å². The zero-order chi connectivity index (χ0) is 21.3. The standard InChI is InChI=1S/C19H27N5O4S/c20-9-2-11-23-29(27,28)17-7-5-15(6-8-17)19(26)22-10-3-13-24-12-1-4-16(14-24)18(21)25/h5-8,16,23H,1-4,10-14H2,(H2,21,25)(H,22,26). The SMILES string of the molecule is N#CCCNS(=O)(=O)c1ccc(C(=O)NCCCN2CCCC(C(N)=O)C2)cc1. The van der Waals surface area contributed by atoms with Gasteiger partial charge in [-0.15, -0.1) is 0 Å². The Balaban J connectivity index is 1.76. The number of piperidine rings is 1. The topological polar surface area (TPSA) is 145 Å². The minimum atomic E-state index is -3.69. The fraction of sp³-hybridized carbons (Fsp3) is 0.526. The number of nitrogens with one attached hydrogen (secondary N) is 2. The maximum atomic E-state index is 12.2. The predicted octanol–water partition coefficient (Wildman–Crippen LogP) is 0.196. The molecule has 0 aromatic heterocycles. The number of benzene rings is 1. The third kappa shape index (κ3) is 7.12. The van der Waals surface area contributed by atoms with Crippen molar-refractivity contribution >= 4 is 21.8 Å². The highest BCUT2D eigenvalue weighted by atomic mass is 32.2. The van der Waals surface area contributed by atoms with Gasteiger partial charge in [0.2, 0.25) is 15.9 Å². The molecule has 1 aliphatic rings. The number of carbonyl (C=O) groups excluding carboxylic acids is 2. The predicted molar refractivity (Wildman–Crippen MR) is 107 cm³/mol. The van der Waals surface area contributed by atoms with E-state index in [1.54, 1.807) is 0 Å². The van der Waals surface area contributed by atoms with Crippen molar-refractivity contribution in [1.29, 1.82) is 5.26 Å². The summed E-state index contributed by atoms with van der Waals surface area (Å²) < 4.78 is 26.4. The molecule has 2 rings (SSSR count). The van der Waals surface area contributed by atoms with Gasteiger partial charge in [-0.3, -0.25) is 9.59 Å². The normalized spacial score (nSPS) is 17.4.